The summed E-state index contributed by atoms with van der Waals surface area (Å²) in [6.45, 7) is 0. The molecule has 3 heterocycles. The second-order valence-corrected chi connectivity index (χ2v) is 4.78. The summed E-state index contributed by atoms with van der Waals surface area (Å²) in [5.41, 5.74) is 3.66. The van der Waals surface area contributed by atoms with Gasteiger partial charge in [0.05, 0.1) is 11.0 Å². The molecule has 0 saturated heterocycles. The highest BCUT2D eigenvalue weighted by atomic mass is 15.5. The van der Waals surface area contributed by atoms with Crippen LogP contribution >= 0.6 is 0 Å². The molecule has 0 aliphatic carbocycles. The Morgan fingerprint density at radius 3 is 1.60 bits per heavy atom. The molecule has 0 atom stereocenters. The van der Waals surface area contributed by atoms with Gasteiger partial charge in [0.1, 0.15) is 0 Å². The van der Waals surface area contributed by atoms with Crippen LogP contribution in [0.15, 0.2) is 48.5 Å². The van der Waals surface area contributed by atoms with E-state index in [9.17, 15) is 0 Å². The zero-order valence-electron chi connectivity index (χ0n) is 10.4. The molecular formula is C14H10N6. The van der Waals surface area contributed by atoms with Gasteiger partial charge in [-0.3, -0.25) is 10.2 Å². The van der Waals surface area contributed by atoms with Gasteiger partial charge in [-0.25, -0.2) is 0 Å². The molecule has 0 unspecified atom stereocenters. The quantitative estimate of drug-likeness (QED) is 0.450. The van der Waals surface area contributed by atoms with E-state index in [0.29, 0.717) is 0 Å². The lowest BCUT2D eigenvalue weighted by atomic mass is 10.2. The smallest absolute Gasteiger partial charge is 0.176 e. The number of aromatic amines is 2. The SMILES string of the molecule is c1ccc2c(c1)nn1[nH]c3c4ccccc4nn3[nH]c21. The molecule has 2 aromatic carbocycles. The van der Waals surface area contributed by atoms with Crippen LogP contribution < -0.4 is 0 Å². The molecule has 0 radical (unpaired) electrons. The molecule has 6 heteroatoms. The Labute approximate surface area is 112 Å². The van der Waals surface area contributed by atoms with Crippen LogP contribution in [-0.2, 0) is 0 Å². The van der Waals surface area contributed by atoms with E-state index in [1.165, 1.54) is 0 Å². The van der Waals surface area contributed by atoms with Crippen LogP contribution in [0.2, 0.25) is 0 Å². The zero-order chi connectivity index (χ0) is 13.1. The van der Waals surface area contributed by atoms with Gasteiger partial charge < -0.3 is 0 Å². The van der Waals surface area contributed by atoms with E-state index in [-0.39, 0.29) is 0 Å². The van der Waals surface area contributed by atoms with Crippen LogP contribution in [0.5, 0.6) is 0 Å². The first-order chi connectivity index (χ1) is 9.90. The average molecular weight is 262 g/mol. The Kier molecular flexibility index (Phi) is 1.62. The van der Waals surface area contributed by atoms with Gasteiger partial charge in [0.25, 0.3) is 0 Å². The number of H-pyrrole nitrogens is 2. The second kappa shape index (κ2) is 3.30. The van der Waals surface area contributed by atoms with E-state index in [1.54, 1.807) is 9.26 Å². The van der Waals surface area contributed by atoms with Gasteiger partial charge in [0, 0.05) is 10.8 Å². The van der Waals surface area contributed by atoms with Gasteiger partial charge in [0.2, 0.25) is 0 Å². The molecule has 5 rings (SSSR count). The van der Waals surface area contributed by atoms with Crippen molar-refractivity contribution in [2.45, 2.75) is 0 Å². The molecule has 20 heavy (non-hydrogen) atoms. The van der Waals surface area contributed by atoms with Gasteiger partial charge in [-0.1, -0.05) is 24.3 Å². The van der Waals surface area contributed by atoms with Gasteiger partial charge in [-0.15, -0.1) is 0 Å². The van der Waals surface area contributed by atoms with Crippen LogP contribution in [-0.4, -0.2) is 29.7 Å². The summed E-state index contributed by atoms with van der Waals surface area (Å²) in [5, 5.41) is 17.8. The minimum Gasteiger partial charge on any atom is -0.257 e. The van der Waals surface area contributed by atoms with Gasteiger partial charge >= 0.3 is 0 Å². The van der Waals surface area contributed by atoms with Crippen molar-refractivity contribution in [2.24, 2.45) is 0 Å². The molecule has 0 fully saturated rings. The fourth-order valence-electron chi connectivity index (χ4n) is 2.64. The first-order valence-corrected chi connectivity index (χ1v) is 6.40. The summed E-state index contributed by atoms with van der Waals surface area (Å²) in [5.74, 6) is 0. The van der Waals surface area contributed by atoms with Gasteiger partial charge in [-0.05, 0) is 24.3 Å². The Bertz CT molecular complexity index is 1010. The highest BCUT2D eigenvalue weighted by molar-refractivity contribution is 5.94. The lowest BCUT2D eigenvalue weighted by molar-refractivity contribution is 0.718. The molecule has 0 aliphatic heterocycles. The van der Waals surface area contributed by atoms with Gasteiger partial charge in [0.15, 0.2) is 11.3 Å². The second-order valence-electron chi connectivity index (χ2n) is 4.78. The standard InChI is InChI=1S/C14H10N6/c1-3-7-11-9(5-1)13-17-20-14(18-19(13)15-11)10-6-2-4-8-12(10)16-20/h1-8,17-18H. The fraction of sp³-hybridized carbons (Fsp3) is 0. The Morgan fingerprint density at radius 1 is 0.650 bits per heavy atom. The summed E-state index contributed by atoms with van der Waals surface area (Å²) in [4.78, 5) is 0. The number of hydrogen-bond donors (Lipinski definition) is 2. The molecule has 0 spiro atoms. The van der Waals surface area contributed by atoms with E-state index >= 15 is 0 Å². The third kappa shape index (κ3) is 1.13. The lowest BCUT2D eigenvalue weighted by Gasteiger charge is -1.98. The van der Waals surface area contributed by atoms with E-state index in [1.807, 2.05) is 48.5 Å². The van der Waals surface area contributed by atoms with Crippen LogP contribution in [0.1, 0.15) is 0 Å². The first kappa shape index (κ1) is 9.85. The maximum absolute atomic E-state index is 4.54. The fourth-order valence-corrected chi connectivity index (χ4v) is 2.64. The van der Waals surface area contributed by atoms with Crippen molar-refractivity contribution in [1.29, 1.82) is 0 Å². The maximum atomic E-state index is 4.54. The Morgan fingerprint density at radius 2 is 1.10 bits per heavy atom. The molecule has 96 valence electrons. The normalized spacial score (nSPS) is 12.0. The maximum Gasteiger partial charge on any atom is 0.176 e. The van der Waals surface area contributed by atoms with E-state index in [0.717, 1.165) is 33.1 Å². The molecular weight excluding hydrogens is 252 g/mol. The number of benzene rings is 2. The average Bonchev–Trinajstić information content (AvgIpc) is 3.02. The molecule has 3 aromatic heterocycles. The Balaban J connectivity index is 2.05. The van der Waals surface area contributed by atoms with Crippen molar-refractivity contribution in [3.05, 3.63) is 48.5 Å². The van der Waals surface area contributed by atoms with Crippen molar-refractivity contribution in [2.75, 3.05) is 0 Å². The van der Waals surface area contributed by atoms with E-state index < -0.39 is 0 Å². The van der Waals surface area contributed by atoms with E-state index in [2.05, 4.69) is 20.4 Å². The largest absolute Gasteiger partial charge is 0.257 e. The van der Waals surface area contributed by atoms with Crippen molar-refractivity contribution in [1.82, 2.24) is 29.7 Å². The van der Waals surface area contributed by atoms with Crippen LogP contribution in [0.3, 0.4) is 0 Å². The monoisotopic (exact) mass is 262 g/mol. The summed E-state index contributed by atoms with van der Waals surface area (Å²) in [6.07, 6.45) is 0. The summed E-state index contributed by atoms with van der Waals surface area (Å²) in [6, 6.07) is 16.0. The molecule has 0 saturated carbocycles. The van der Waals surface area contributed by atoms with E-state index in [4.69, 9.17) is 0 Å². The number of aromatic nitrogens is 6. The molecule has 0 aliphatic rings. The van der Waals surface area contributed by atoms with Crippen molar-refractivity contribution < 1.29 is 0 Å². The third-order valence-electron chi connectivity index (χ3n) is 3.58. The van der Waals surface area contributed by atoms with Crippen LogP contribution in [0.4, 0.5) is 0 Å². The number of nitrogens with one attached hydrogen (secondary N) is 2. The summed E-state index contributed by atoms with van der Waals surface area (Å²) >= 11 is 0. The first-order valence-electron chi connectivity index (χ1n) is 6.40. The predicted molar refractivity (Wildman–Crippen MR) is 76.5 cm³/mol. The van der Waals surface area contributed by atoms with Crippen LogP contribution in [0, 0.1) is 0 Å². The zero-order valence-corrected chi connectivity index (χ0v) is 10.4. The van der Waals surface area contributed by atoms with Crippen molar-refractivity contribution >= 4 is 33.1 Å². The summed E-state index contributed by atoms with van der Waals surface area (Å²) in [7, 11) is 0. The third-order valence-corrected chi connectivity index (χ3v) is 3.58. The predicted octanol–water partition coefficient (Wildman–Crippen LogP) is 2.51. The lowest BCUT2D eigenvalue weighted by Crippen LogP contribution is -2.03. The molecule has 5 aromatic rings. The number of nitrogens with zero attached hydrogens (tertiary/aromatic N) is 4. The number of hydrogen-bond acceptors (Lipinski definition) is 2. The van der Waals surface area contributed by atoms with Crippen molar-refractivity contribution in [3.8, 4) is 0 Å². The molecule has 6 nitrogen and oxygen atoms in total. The van der Waals surface area contributed by atoms with Gasteiger partial charge in [-0.2, -0.15) is 19.5 Å². The minimum atomic E-state index is 0.890. The molecule has 2 N–H and O–H groups in total. The summed E-state index contributed by atoms with van der Waals surface area (Å²) < 4.78 is 3.52. The highest BCUT2D eigenvalue weighted by Crippen LogP contribution is 2.20. The number of rotatable bonds is 0. The topological polar surface area (TPSA) is 66.2 Å². The van der Waals surface area contributed by atoms with Crippen molar-refractivity contribution in [3.63, 3.8) is 0 Å². The minimum absolute atomic E-state index is 0.890. The Hall–Kier alpha value is -3.02. The molecule has 0 bridgehead atoms. The van der Waals surface area contributed by atoms with Crippen LogP contribution in [0.25, 0.3) is 33.1 Å². The molecule has 0 amide bonds. The number of fused-ring (bicyclic) bond motifs is 6. The highest BCUT2D eigenvalue weighted by Gasteiger charge is 2.09.